The van der Waals surface area contributed by atoms with E-state index in [1.165, 1.54) is 29.6 Å². The Hall–Kier alpha value is -2.45. The standard InChI is InChI=1S/C18H25N5O2S/c1-3-14-7-5-8-15(4-2)17(14)23-18(19)21-11-12-22-26(24,25)16-9-6-10-20-13-16/h5-10,13,22H,3-4,11-12H2,1-2H3,(H3,19,21,23). The normalized spacial score (nSPS) is 12.2. The van der Waals surface area contributed by atoms with Gasteiger partial charge in [-0.3, -0.25) is 9.98 Å². The fourth-order valence-electron chi connectivity index (χ4n) is 2.52. The van der Waals surface area contributed by atoms with Crippen molar-refractivity contribution in [2.75, 3.05) is 18.4 Å². The molecule has 1 aromatic heterocycles. The molecule has 4 N–H and O–H groups in total. The topological polar surface area (TPSA) is 109 Å². The smallest absolute Gasteiger partial charge is 0.242 e. The lowest BCUT2D eigenvalue weighted by atomic mass is 10.0. The number of hydrogen-bond acceptors (Lipinski definition) is 4. The van der Waals surface area contributed by atoms with E-state index < -0.39 is 10.0 Å². The predicted molar refractivity (Wildman–Crippen MR) is 105 cm³/mol. The zero-order valence-corrected chi connectivity index (χ0v) is 15.9. The van der Waals surface area contributed by atoms with Crippen molar-refractivity contribution in [3.05, 3.63) is 53.9 Å². The first-order valence-electron chi connectivity index (χ1n) is 8.55. The highest BCUT2D eigenvalue weighted by Crippen LogP contribution is 2.22. The van der Waals surface area contributed by atoms with Gasteiger partial charge in [-0.05, 0) is 36.1 Å². The third-order valence-corrected chi connectivity index (χ3v) is 5.33. The molecule has 0 saturated heterocycles. The van der Waals surface area contributed by atoms with Crippen LogP contribution in [0.15, 0.2) is 52.6 Å². The zero-order chi connectivity index (χ0) is 19.0. The maximum atomic E-state index is 12.1. The van der Waals surface area contributed by atoms with Gasteiger partial charge in [0.15, 0.2) is 5.96 Å². The van der Waals surface area contributed by atoms with Crippen LogP contribution < -0.4 is 15.8 Å². The number of aromatic nitrogens is 1. The Morgan fingerprint density at radius 2 is 1.85 bits per heavy atom. The van der Waals surface area contributed by atoms with E-state index in [9.17, 15) is 8.42 Å². The van der Waals surface area contributed by atoms with Gasteiger partial charge in [0.05, 0.1) is 6.54 Å². The van der Waals surface area contributed by atoms with Crippen molar-refractivity contribution in [1.29, 1.82) is 0 Å². The summed E-state index contributed by atoms with van der Waals surface area (Å²) in [4.78, 5) is 8.14. The summed E-state index contributed by atoms with van der Waals surface area (Å²) >= 11 is 0. The number of anilines is 1. The van der Waals surface area contributed by atoms with E-state index >= 15 is 0 Å². The summed E-state index contributed by atoms with van der Waals surface area (Å²) < 4.78 is 26.7. The molecule has 1 aromatic carbocycles. The van der Waals surface area contributed by atoms with Gasteiger partial charge in [-0.15, -0.1) is 0 Å². The second-order valence-electron chi connectivity index (χ2n) is 5.64. The van der Waals surface area contributed by atoms with Gasteiger partial charge in [-0.1, -0.05) is 32.0 Å². The lowest BCUT2D eigenvalue weighted by Crippen LogP contribution is -2.29. The van der Waals surface area contributed by atoms with Gasteiger partial charge >= 0.3 is 0 Å². The van der Waals surface area contributed by atoms with Crippen LogP contribution in [0, 0.1) is 0 Å². The highest BCUT2D eigenvalue weighted by molar-refractivity contribution is 7.89. The quantitative estimate of drug-likeness (QED) is 0.371. The summed E-state index contributed by atoms with van der Waals surface area (Å²) in [6, 6.07) is 9.20. The first-order chi connectivity index (χ1) is 12.5. The fourth-order valence-corrected chi connectivity index (χ4v) is 3.50. The molecule has 0 radical (unpaired) electrons. The maximum Gasteiger partial charge on any atom is 0.242 e. The molecule has 0 unspecified atom stereocenters. The highest BCUT2D eigenvalue weighted by atomic mass is 32.2. The monoisotopic (exact) mass is 375 g/mol. The lowest BCUT2D eigenvalue weighted by Gasteiger charge is -2.14. The molecule has 0 amide bonds. The van der Waals surface area contributed by atoms with Crippen LogP contribution in [0.2, 0.25) is 0 Å². The molecule has 0 aliphatic carbocycles. The molecule has 0 spiro atoms. The van der Waals surface area contributed by atoms with Crippen LogP contribution in [-0.2, 0) is 22.9 Å². The Balaban J connectivity index is 1.96. The minimum absolute atomic E-state index is 0.125. The van der Waals surface area contributed by atoms with Crippen LogP contribution in [-0.4, -0.2) is 32.5 Å². The van der Waals surface area contributed by atoms with Gasteiger partial charge < -0.3 is 11.1 Å². The molecule has 7 nitrogen and oxygen atoms in total. The number of pyridine rings is 1. The molecule has 8 heteroatoms. The molecule has 0 saturated carbocycles. The second-order valence-corrected chi connectivity index (χ2v) is 7.40. The minimum atomic E-state index is -3.58. The fraction of sp³-hybridized carbons (Fsp3) is 0.333. The number of nitrogens with two attached hydrogens (primary N) is 1. The Labute approximate surface area is 154 Å². The summed E-state index contributed by atoms with van der Waals surface area (Å²) in [7, 11) is -3.58. The molecule has 0 aliphatic heterocycles. The average Bonchev–Trinajstić information content (AvgIpc) is 2.66. The summed E-state index contributed by atoms with van der Waals surface area (Å²) in [6.45, 7) is 4.55. The SMILES string of the molecule is CCc1cccc(CC)c1NC(N)=NCCNS(=O)(=O)c1cccnc1. The first-order valence-corrected chi connectivity index (χ1v) is 10.0. The third kappa shape index (κ3) is 5.27. The Kier molecular flexibility index (Phi) is 7.11. The van der Waals surface area contributed by atoms with Crippen LogP contribution in [0.5, 0.6) is 0 Å². The molecule has 0 bridgehead atoms. The van der Waals surface area contributed by atoms with Crippen LogP contribution >= 0.6 is 0 Å². The summed E-state index contributed by atoms with van der Waals surface area (Å²) in [6.07, 6.45) is 4.59. The maximum absolute atomic E-state index is 12.1. The van der Waals surface area contributed by atoms with E-state index in [0.717, 1.165) is 18.5 Å². The van der Waals surface area contributed by atoms with Crippen molar-refractivity contribution in [1.82, 2.24) is 9.71 Å². The van der Waals surface area contributed by atoms with Crippen LogP contribution in [0.4, 0.5) is 5.69 Å². The molecule has 0 atom stereocenters. The number of hydrogen-bond donors (Lipinski definition) is 3. The summed E-state index contributed by atoms with van der Waals surface area (Å²) in [5.41, 5.74) is 9.28. The number of para-hydroxylation sites is 1. The molecule has 2 aromatic rings. The number of rotatable bonds is 8. The van der Waals surface area contributed by atoms with E-state index in [1.807, 2.05) is 6.07 Å². The van der Waals surface area contributed by atoms with Crippen LogP contribution in [0.1, 0.15) is 25.0 Å². The van der Waals surface area contributed by atoms with Crippen molar-refractivity contribution >= 4 is 21.7 Å². The lowest BCUT2D eigenvalue weighted by molar-refractivity contribution is 0.582. The van der Waals surface area contributed by atoms with Gasteiger partial charge in [-0.25, -0.2) is 13.1 Å². The van der Waals surface area contributed by atoms with Crippen LogP contribution in [0.3, 0.4) is 0 Å². The number of benzene rings is 1. The first kappa shape index (κ1) is 19.9. The average molecular weight is 375 g/mol. The molecule has 0 aliphatic rings. The zero-order valence-electron chi connectivity index (χ0n) is 15.1. The molecule has 26 heavy (non-hydrogen) atoms. The second kappa shape index (κ2) is 9.30. The predicted octanol–water partition coefficient (Wildman–Crippen LogP) is 1.91. The summed E-state index contributed by atoms with van der Waals surface area (Å²) in [5, 5.41) is 3.15. The number of sulfonamides is 1. The van der Waals surface area contributed by atoms with Gasteiger partial charge in [-0.2, -0.15) is 0 Å². The molecule has 140 valence electrons. The van der Waals surface area contributed by atoms with E-state index in [4.69, 9.17) is 5.73 Å². The Bertz CT molecular complexity index is 829. The number of aryl methyl sites for hydroxylation is 2. The van der Waals surface area contributed by atoms with Crippen molar-refractivity contribution in [2.24, 2.45) is 10.7 Å². The van der Waals surface area contributed by atoms with Crippen molar-refractivity contribution in [3.8, 4) is 0 Å². The van der Waals surface area contributed by atoms with Crippen LogP contribution in [0.25, 0.3) is 0 Å². The Morgan fingerprint density at radius 3 is 2.42 bits per heavy atom. The van der Waals surface area contributed by atoms with Gasteiger partial charge in [0.2, 0.25) is 10.0 Å². The van der Waals surface area contributed by atoms with Crippen molar-refractivity contribution in [3.63, 3.8) is 0 Å². The highest BCUT2D eigenvalue weighted by Gasteiger charge is 2.12. The number of guanidine groups is 1. The number of nitrogens with one attached hydrogen (secondary N) is 2. The van der Waals surface area contributed by atoms with Gasteiger partial charge in [0.1, 0.15) is 4.90 Å². The Morgan fingerprint density at radius 1 is 1.15 bits per heavy atom. The molecular formula is C18H25N5O2S. The molecular weight excluding hydrogens is 350 g/mol. The largest absolute Gasteiger partial charge is 0.370 e. The van der Waals surface area contributed by atoms with Gasteiger partial charge in [0.25, 0.3) is 0 Å². The summed E-state index contributed by atoms with van der Waals surface area (Å²) in [5.74, 6) is 0.265. The molecule has 1 heterocycles. The van der Waals surface area contributed by atoms with Crippen molar-refractivity contribution < 1.29 is 8.42 Å². The number of aliphatic imine (C=N–C) groups is 1. The molecule has 2 rings (SSSR count). The minimum Gasteiger partial charge on any atom is -0.370 e. The third-order valence-electron chi connectivity index (χ3n) is 3.88. The van der Waals surface area contributed by atoms with E-state index in [0.29, 0.717) is 0 Å². The van der Waals surface area contributed by atoms with Gasteiger partial charge in [0, 0.05) is 24.6 Å². The van der Waals surface area contributed by atoms with E-state index in [2.05, 4.69) is 46.0 Å². The molecule has 0 fully saturated rings. The van der Waals surface area contributed by atoms with E-state index in [-0.39, 0.29) is 23.9 Å². The van der Waals surface area contributed by atoms with Crippen molar-refractivity contribution in [2.45, 2.75) is 31.6 Å². The van der Waals surface area contributed by atoms with E-state index in [1.54, 1.807) is 6.07 Å². The number of nitrogens with zero attached hydrogens (tertiary/aromatic N) is 2.